The summed E-state index contributed by atoms with van der Waals surface area (Å²) in [5, 5.41) is 8.30. The molecule has 9 heteroatoms. The molecule has 0 unspecified atom stereocenters. The van der Waals surface area contributed by atoms with Gasteiger partial charge in [-0.3, -0.25) is 4.98 Å². The Labute approximate surface area is 176 Å². The van der Waals surface area contributed by atoms with E-state index in [9.17, 15) is 9.59 Å². The number of aromatic nitrogens is 3. The van der Waals surface area contributed by atoms with Crippen LogP contribution in [0.1, 0.15) is 0 Å². The van der Waals surface area contributed by atoms with Crippen LogP contribution in [0.15, 0.2) is 70.1 Å². The SMILES string of the molecule is O=C(OCC#CCSc1nnc(-c2ccncc2)o1)C1=C[C@H]2C=CC=C[C@@H]2OC1=O. The summed E-state index contributed by atoms with van der Waals surface area (Å²) in [7, 11) is 0. The van der Waals surface area contributed by atoms with Crippen molar-refractivity contribution in [3.63, 3.8) is 0 Å². The maximum absolute atomic E-state index is 12.1. The summed E-state index contributed by atoms with van der Waals surface area (Å²) in [6.45, 7) is -0.139. The number of carbonyl (C=O) groups excluding carboxylic acids is 2. The Hall–Kier alpha value is -3.64. The fourth-order valence-corrected chi connectivity index (χ4v) is 3.26. The molecule has 0 aromatic carbocycles. The largest absolute Gasteiger partial charge is 0.453 e. The molecule has 0 fully saturated rings. The van der Waals surface area contributed by atoms with Crippen molar-refractivity contribution in [3.8, 4) is 23.3 Å². The average Bonchev–Trinajstić information content (AvgIpc) is 3.25. The molecule has 8 nitrogen and oxygen atoms in total. The molecule has 0 amide bonds. The van der Waals surface area contributed by atoms with Gasteiger partial charge < -0.3 is 13.9 Å². The molecule has 2 aromatic heterocycles. The molecular formula is C21H15N3O5S. The minimum absolute atomic E-state index is 0.109. The summed E-state index contributed by atoms with van der Waals surface area (Å²) < 4.78 is 15.8. The maximum atomic E-state index is 12.1. The highest BCUT2D eigenvalue weighted by Gasteiger charge is 2.33. The van der Waals surface area contributed by atoms with Gasteiger partial charge in [0.25, 0.3) is 5.22 Å². The third-order valence-corrected chi connectivity index (χ3v) is 4.87. The molecule has 150 valence electrons. The van der Waals surface area contributed by atoms with Crippen LogP contribution in [0.25, 0.3) is 11.5 Å². The van der Waals surface area contributed by atoms with Crippen molar-refractivity contribution >= 4 is 23.7 Å². The number of allylic oxidation sites excluding steroid dienone is 2. The predicted molar refractivity (Wildman–Crippen MR) is 107 cm³/mol. The smallest absolute Gasteiger partial charge is 0.346 e. The van der Waals surface area contributed by atoms with Crippen molar-refractivity contribution in [2.45, 2.75) is 11.3 Å². The molecule has 2 aromatic rings. The third kappa shape index (κ3) is 4.67. The van der Waals surface area contributed by atoms with Gasteiger partial charge in [-0.05, 0) is 18.2 Å². The van der Waals surface area contributed by atoms with Gasteiger partial charge in [0.1, 0.15) is 11.7 Å². The summed E-state index contributed by atoms with van der Waals surface area (Å²) in [4.78, 5) is 28.0. The van der Waals surface area contributed by atoms with Gasteiger partial charge in [-0.15, -0.1) is 10.2 Å². The van der Waals surface area contributed by atoms with E-state index in [4.69, 9.17) is 13.9 Å². The molecule has 2 aliphatic rings. The molecule has 3 heterocycles. The number of hydrogen-bond acceptors (Lipinski definition) is 9. The molecule has 4 rings (SSSR count). The Balaban J connectivity index is 1.24. The van der Waals surface area contributed by atoms with Gasteiger partial charge >= 0.3 is 11.9 Å². The topological polar surface area (TPSA) is 104 Å². The number of hydrogen-bond donors (Lipinski definition) is 0. The molecular weight excluding hydrogens is 406 g/mol. The number of fused-ring (bicyclic) bond motifs is 1. The van der Waals surface area contributed by atoms with Crippen molar-refractivity contribution in [2.24, 2.45) is 5.92 Å². The van der Waals surface area contributed by atoms with Crippen LogP contribution >= 0.6 is 11.8 Å². The van der Waals surface area contributed by atoms with Crippen LogP contribution in [-0.4, -0.2) is 45.6 Å². The van der Waals surface area contributed by atoms with Gasteiger partial charge in [-0.1, -0.05) is 47.9 Å². The van der Waals surface area contributed by atoms with Gasteiger partial charge in [0.05, 0.1) is 5.75 Å². The van der Waals surface area contributed by atoms with E-state index in [2.05, 4.69) is 27.0 Å². The lowest BCUT2D eigenvalue weighted by molar-refractivity contribution is -0.150. The molecule has 0 N–H and O–H groups in total. The van der Waals surface area contributed by atoms with E-state index in [0.717, 1.165) is 5.56 Å². The first-order valence-electron chi connectivity index (χ1n) is 8.98. The highest BCUT2D eigenvalue weighted by molar-refractivity contribution is 7.99. The highest BCUT2D eigenvalue weighted by Crippen LogP contribution is 2.25. The minimum Gasteiger partial charge on any atom is -0.453 e. The zero-order valence-electron chi connectivity index (χ0n) is 15.6. The summed E-state index contributed by atoms with van der Waals surface area (Å²) in [6, 6.07) is 3.55. The van der Waals surface area contributed by atoms with E-state index in [1.54, 1.807) is 42.8 Å². The van der Waals surface area contributed by atoms with E-state index in [1.807, 2.05) is 12.2 Å². The fraction of sp³-hybridized carbons (Fsp3) is 0.190. The second kappa shape index (κ2) is 9.24. The van der Waals surface area contributed by atoms with Crippen LogP contribution < -0.4 is 0 Å². The predicted octanol–water partition coefficient (Wildman–Crippen LogP) is 2.36. The standard InChI is InChI=1S/C21H15N3O5S/c25-19(16-13-15-5-1-2-6-17(15)28-20(16)26)27-11-3-4-12-30-21-24-23-18(29-21)14-7-9-22-10-8-14/h1-2,5-10,13,15,17H,11-12H2/t15-,17+/m1/s1. The summed E-state index contributed by atoms with van der Waals surface area (Å²) in [5.41, 5.74) is 0.672. The Bertz CT molecular complexity index is 1090. The molecule has 0 bridgehead atoms. The van der Waals surface area contributed by atoms with E-state index >= 15 is 0 Å². The molecule has 1 aliphatic carbocycles. The van der Waals surface area contributed by atoms with Gasteiger partial charge in [0, 0.05) is 23.9 Å². The van der Waals surface area contributed by atoms with Crippen LogP contribution in [0.2, 0.25) is 0 Å². The van der Waals surface area contributed by atoms with E-state index in [0.29, 0.717) is 16.9 Å². The van der Waals surface area contributed by atoms with E-state index < -0.39 is 11.9 Å². The third-order valence-electron chi connectivity index (χ3n) is 4.17. The van der Waals surface area contributed by atoms with Crippen LogP contribution in [-0.2, 0) is 19.1 Å². The second-order valence-corrected chi connectivity index (χ2v) is 7.05. The summed E-state index contributed by atoms with van der Waals surface area (Å²) in [5.74, 6) is 4.74. The lowest BCUT2D eigenvalue weighted by Crippen LogP contribution is -2.33. The Morgan fingerprint density at radius 2 is 2.00 bits per heavy atom. The number of thioether (sulfide) groups is 1. The number of esters is 2. The Morgan fingerprint density at radius 1 is 1.17 bits per heavy atom. The van der Waals surface area contributed by atoms with Crippen molar-refractivity contribution in [2.75, 3.05) is 12.4 Å². The van der Waals surface area contributed by atoms with Gasteiger partial charge in [0.15, 0.2) is 6.61 Å². The monoisotopic (exact) mass is 421 g/mol. The molecule has 30 heavy (non-hydrogen) atoms. The zero-order chi connectivity index (χ0) is 20.8. The second-order valence-electron chi connectivity index (χ2n) is 6.12. The zero-order valence-corrected chi connectivity index (χ0v) is 16.4. The summed E-state index contributed by atoms with van der Waals surface area (Å²) in [6.07, 6.45) is 11.7. The van der Waals surface area contributed by atoms with Crippen molar-refractivity contribution < 1.29 is 23.5 Å². The van der Waals surface area contributed by atoms with Crippen molar-refractivity contribution in [1.29, 1.82) is 0 Å². The van der Waals surface area contributed by atoms with E-state index in [1.165, 1.54) is 11.8 Å². The first-order chi connectivity index (χ1) is 14.7. The maximum Gasteiger partial charge on any atom is 0.346 e. The van der Waals surface area contributed by atoms with Crippen LogP contribution in [0.5, 0.6) is 0 Å². The Morgan fingerprint density at radius 3 is 2.87 bits per heavy atom. The minimum atomic E-state index is -0.748. The van der Waals surface area contributed by atoms with Gasteiger partial charge in [0.2, 0.25) is 5.89 Å². The Kier molecular flexibility index (Phi) is 6.06. The van der Waals surface area contributed by atoms with Gasteiger partial charge in [-0.25, -0.2) is 9.59 Å². The van der Waals surface area contributed by atoms with E-state index in [-0.39, 0.29) is 24.2 Å². The lowest BCUT2D eigenvalue weighted by Gasteiger charge is -2.26. The van der Waals surface area contributed by atoms with Crippen LogP contribution in [0.3, 0.4) is 0 Å². The highest BCUT2D eigenvalue weighted by atomic mass is 32.2. The number of carbonyl (C=O) groups is 2. The lowest BCUT2D eigenvalue weighted by atomic mass is 9.93. The number of rotatable bonds is 5. The first kappa shape index (κ1) is 19.7. The quantitative estimate of drug-likeness (QED) is 0.311. The average molecular weight is 421 g/mol. The molecule has 0 radical (unpaired) electrons. The summed E-state index contributed by atoms with van der Waals surface area (Å²) >= 11 is 1.27. The number of ether oxygens (including phenoxy) is 2. The number of pyridine rings is 1. The van der Waals surface area contributed by atoms with Crippen molar-refractivity contribution in [3.05, 3.63) is 60.5 Å². The normalized spacial score (nSPS) is 19.2. The molecule has 0 saturated heterocycles. The molecule has 1 aliphatic heterocycles. The van der Waals surface area contributed by atoms with Gasteiger partial charge in [-0.2, -0.15) is 0 Å². The van der Waals surface area contributed by atoms with Crippen molar-refractivity contribution in [1.82, 2.24) is 15.2 Å². The van der Waals surface area contributed by atoms with Crippen LogP contribution in [0.4, 0.5) is 0 Å². The molecule has 0 spiro atoms. The molecule has 0 saturated carbocycles. The number of nitrogens with zero attached hydrogens (tertiary/aromatic N) is 3. The van der Waals surface area contributed by atoms with Crippen LogP contribution in [0, 0.1) is 17.8 Å². The molecule has 2 atom stereocenters. The first-order valence-corrected chi connectivity index (χ1v) is 9.96. The fourth-order valence-electron chi connectivity index (χ4n) is 2.73.